The van der Waals surface area contributed by atoms with E-state index in [9.17, 15) is 19.5 Å². The van der Waals surface area contributed by atoms with Crippen LogP contribution >= 0.6 is 15.9 Å². The number of hydrogen-bond acceptors (Lipinski definition) is 6. The zero-order chi connectivity index (χ0) is 16.0. The van der Waals surface area contributed by atoms with E-state index in [1.807, 2.05) is 0 Å². The molecule has 8 heteroatoms. The highest BCUT2D eigenvalue weighted by Gasteiger charge is 2.24. The molecule has 0 bridgehead atoms. The molecule has 0 heterocycles. The van der Waals surface area contributed by atoms with Crippen LogP contribution in [0.4, 0.5) is 0 Å². The molecule has 0 radical (unpaired) electrons. The smallest absolute Gasteiger partial charge is 0.325 e. The maximum Gasteiger partial charge on any atom is 0.325 e. The minimum atomic E-state index is -0.691. The number of aromatic hydroxyl groups is 1. The number of esters is 2. The fraction of sp³-hybridized carbons (Fsp3) is 0.308. The molecule has 1 amide bonds. The maximum absolute atomic E-state index is 12.3. The summed E-state index contributed by atoms with van der Waals surface area (Å²) in [6.07, 6.45) is 0. The summed E-state index contributed by atoms with van der Waals surface area (Å²) in [5, 5.41) is 9.78. The highest BCUT2D eigenvalue weighted by Crippen LogP contribution is 2.23. The monoisotopic (exact) mass is 359 g/mol. The van der Waals surface area contributed by atoms with Gasteiger partial charge in [-0.05, 0) is 18.2 Å². The van der Waals surface area contributed by atoms with Gasteiger partial charge in [-0.25, -0.2) is 0 Å². The molecule has 21 heavy (non-hydrogen) atoms. The Kier molecular flexibility index (Phi) is 6.16. The summed E-state index contributed by atoms with van der Waals surface area (Å²) in [7, 11) is 2.33. The van der Waals surface area contributed by atoms with Crippen LogP contribution in [0, 0.1) is 0 Å². The summed E-state index contributed by atoms with van der Waals surface area (Å²) in [6, 6.07) is 4.27. The highest BCUT2D eigenvalue weighted by atomic mass is 79.9. The van der Waals surface area contributed by atoms with Crippen LogP contribution in [0.1, 0.15) is 10.4 Å². The second-order valence-corrected chi connectivity index (χ2v) is 4.89. The van der Waals surface area contributed by atoms with Gasteiger partial charge in [-0.1, -0.05) is 15.9 Å². The molecule has 1 aromatic rings. The third-order valence-corrected chi connectivity index (χ3v) is 3.07. The van der Waals surface area contributed by atoms with Crippen molar-refractivity contribution in [1.82, 2.24) is 4.90 Å². The van der Waals surface area contributed by atoms with Gasteiger partial charge in [-0.2, -0.15) is 0 Å². The molecular weight excluding hydrogens is 346 g/mol. The normalized spacial score (nSPS) is 9.86. The zero-order valence-electron chi connectivity index (χ0n) is 11.5. The molecule has 0 aliphatic carbocycles. The molecule has 0 spiro atoms. The first-order chi connectivity index (χ1) is 9.88. The Labute approximate surface area is 129 Å². The largest absolute Gasteiger partial charge is 0.507 e. The Balaban J connectivity index is 3.02. The lowest BCUT2D eigenvalue weighted by molar-refractivity contribution is -0.144. The first kappa shape index (κ1) is 17.0. The summed E-state index contributed by atoms with van der Waals surface area (Å²) in [5.41, 5.74) is -0.0361. The second kappa shape index (κ2) is 7.63. The van der Waals surface area contributed by atoms with E-state index < -0.39 is 30.9 Å². The Bertz CT molecular complexity index is 542. The van der Waals surface area contributed by atoms with Gasteiger partial charge in [0.25, 0.3) is 5.91 Å². The number of carbonyl (C=O) groups excluding carboxylic acids is 3. The van der Waals surface area contributed by atoms with Gasteiger partial charge < -0.3 is 19.5 Å². The molecule has 0 aliphatic heterocycles. The van der Waals surface area contributed by atoms with Crippen molar-refractivity contribution >= 4 is 33.8 Å². The van der Waals surface area contributed by atoms with Crippen LogP contribution in [-0.4, -0.2) is 55.2 Å². The molecule has 1 rings (SSSR count). The minimum Gasteiger partial charge on any atom is -0.507 e. The van der Waals surface area contributed by atoms with E-state index in [0.29, 0.717) is 4.47 Å². The molecule has 0 fully saturated rings. The molecule has 0 saturated carbocycles. The summed E-state index contributed by atoms with van der Waals surface area (Å²) in [4.78, 5) is 35.9. The predicted molar refractivity (Wildman–Crippen MR) is 75.7 cm³/mol. The predicted octanol–water partition coefficient (Wildman–Crippen LogP) is 0.943. The number of hydrogen-bond donors (Lipinski definition) is 1. The molecule has 0 saturated heterocycles. The lowest BCUT2D eigenvalue weighted by Gasteiger charge is -2.20. The number of rotatable bonds is 5. The van der Waals surface area contributed by atoms with E-state index >= 15 is 0 Å². The number of phenolic OH excluding ortho intramolecular Hbond substituents is 1. The van der Waals surface area contributed by atoms with Gasteiger partial charge in [0.05, 0.1) is 19.8 Å². The van der Waals surface area contributed by atoms with Gasteiger partial charge >= 0.3 is 11.9 Å². The van der Waals surface area contributed by atoms with Crippen molar-refractivity contribution in [2.45, 2.75) is 0 Å². The average Bonchev–Trinajstić information content (AvgIpc) is 2.45. The van der Waals surface area contributed by atoms with E-state index in [4.69, 9.17) is 0 Å². The molecule has 7 nitrogen and oxygen atoms in total. The van der Waals surface area contributed by atoms with E-state index in [1.165, 1.54) is 26.4 Å². The molecule has 114 valence electrons. The van der Waals surface area contributed by atoms with Crippen molar-refractivity contribution in [3.05, 3.63) is 28.2 Å². The van der Waals surface area contributed by atoms with Crippen LogP contribution < -0.4 is 0 Å². The number of halogens is 1. The minimum absolute atomic E-state index is 0.0361. The number of amides is 1. The first-order valence-corrected chi connectivity index (χ1v) is 6.59. The van der Waals surface area contributed by atoms with Crippen molar-refractivity contribution in [3.63, 3.8) is 0 Å². The van der Waals surface area contributed by atoms with Gasteiger partial charge in [0.2, 0.25) is 0 Å². The second-order valence-electron chi connectivity index (χ2n) is 3.97. The van der Waals surface area contributed by atoms with Crippen molar-refractivity contribution < 1.29 is 29.0 Å². The van der Waals surface area contributed by atoms with Crippen molar-refractivity contribution in [2.24, 2.45) is 0 Å². The lowest BCUT2D eigenvalue weighted by atomic mass is 10.1. The first-order valence-electron chi connectivity index (χ1n) is 5.80. The molecule has 0 atom stereocenters. The number of methoxy groups -OCH3 is 2. The summed E-state index contributed by atoms with van der Waals surface area (Å²) < 4.78 is 9.54. The lowest BCUT2D eigenvalue weighted by Crippen LogP contribution is -2.40. The van der Waals surface area contributed by atoms with Crippen molar-refractivity contribution in [1.29, 1.82) is 0 Å². The summed E-state index contributed by atoms with van der Waals surface area (Å²) in [6.45, 7) is -0.861. The summed E-state index contributed by atoms with van der Waals surface area (Å²) >= 11 is 3.15. The van der Waals surface area contributed by atoms with Gasteiger partial charge in [-0.3, -0.25) is 14.4 Å². The zero-order valence-corrected chi connectivity index (χ0v) is 13.0. The third kappa shape index (κ3) is 4.75. The van der Waals surface area contributed by atoms with Crippen LogP contribution in [0.25, 0.3) is 0 Å². The average molecular weight is 360 g/mol. The van der Waals surface area contributed by atoms with Crippen molar-refractivity contribution in [3.8, 4) is 5.75 Å². The van der Waals surface area contributed by atoms with Crippen LogP contribution in [0.15, 0.2) is 22.7 Å². The molecule has 1 N–H and O–H groups in total. The highest BCUT2D eigenvalue weighted by molar-refractivity contribution is 9.10. The maximum atomic E-state index is 12.3. The SMILES string of the molecule is COC(=O)CN(CC(=O)OC)C(=O)c1ccc(Br)cc1O. The topological polar surface area (TPSA) is 93.1 Å². The van der Waals surface area contributed by atoms with E-state index in [2.05, 4.69) is 25.4 Å². The van der Waals surface area contributed by atoms with Crippen LogP contribution in [0.2, 0.25) is 0 Å². The Morgan fingerprint density at radius 2 is 1.67 bits per heavy atom. The number of benzene rings is 1. The summed E-state index contributed by atoms with van der Waals surface area (Å²) in [5.74, 6) is -2.34. The molecule has 1 aromatic carbocycles. The van der Waals surface area contributed by atoms with Crippen LogP contribution in [-0.2, 0) is 19.1 Å². The molecule has 0 aliphatic rings. The van der Waals surface area contributed by atoms with Gasteiger partial charge in [0.1, 0.15) is 18.8 Å². The third-order valence-electron chi connectivity index (χ3n) is 2.57. The number of nitrogens with zero attached hydrogens (tertiary/aromatic N) is 1. The van der Waals surface area contributed by atoms with E-state index in [0.717, 1.165) is 4.90 Å². The number of carbonyl (C=O) groups is 3. The van der Waals surface area contributed by atoms with Crippen LogP contribution in [0.3, 0.4) is 0 Å². The number of ether oxygens (including phenoxy) is 2. The molecule has 0 unspecified atom stereocenters. The molecular formula is C13H14BrNO6. The van der Waals surface area contributed by atoms with Gasteiger partial charge in [0.15, 0.2) is 0 Å². The fourth-order valence-electron chi connectivity index (χ4n) is 1.50. The van der Waals surface area contributed by atoms with Gasteiger partial charge in [0, 0.05) is 4.47 Å². The Morgan fingerprint density at radius 3 is 2.10 bits per heavy atom. The van der Waals surface area contributed by atoms with E-state index in [1.54, 1.807) is 6.07 Å². The number of phenols is 1. The standard InChI is InChI=1S/C13H14BrNO6/c1-20-11(17)6-15(7-12(18)21-2)13(19)9-4-3-8(14)5-10(9)16/h3-5,16H,6-7H2,1-2H3. The van der Waals surface area contributed by atoms with Crippen LogP contribution in [0.5, 0.6) is 5.75 Å². The Hall–Kier alpha value is -2.09. The molecule has 0 aromatic heterocycles. The van der Waals surface area contributed by atoms with E-state index in [-0.39, 0.29) is 11.3 Å². The Morgan fingerprint density at radius 1 is 1.14 bits per heavy atom. The van der Waals surface area contributed by atoms with Gasteiger partial charge in [-0.15, -0.1) is 0 Å². The fourth-order valence-corrected chi connectivity index (χ4v) is 1.85. The quantitative estimate of drug-likeness (QED) is 0.786. The van der Waals surface area contributed by atoms with Crippen molar-refractivity contribution in [2.75, 3.05) is 27.3 Å².